The van der Waals surface area contributed by atoms with Crippen LogP contribution in [0, 0.1) is 0 Å². The summed E-state index contributed by atoms with van der Waals surface area (Å²) >= 11 is 0. The number of carboxylic acid groups (broad SMARTS) is 1. The third kappa shape index (κ3) is 2.74. The molecule has 0 heterocycles. The van der Waals surface area contributed by atoms with E-state index in [4.69, 9.17) is 0 Å². The molecule has 2 rings (SSSR count). The Morgan fingerprint density at radius 2 is 1.85 bits per heavy atom. The molecular formula is C16H17NO3. The van der Waals surface area contributed by atoms with E-state index in [1.54, 1.807) is 0 Å². The molecule has 0 aliphatic carbocycles. The van der Waals surface area contributed by atoms with Gasteiger partial charge < -0.3 is 15.5 Å². The molecule has 0 fully saturated rings. The number of aromatic hydroxyl groups is 1. The molecule has 3 N–H and O–H groups in total. The van der Waals surface area contributed by atoms with Crippen LogP contribution >= 0.6 is 0 Å². The van der Waals surface area contributed by atoms with Crippen molar-refractivity contribution in [1.82, 2.24) is 0 Å². The number of rotatable bonds is 5. The molecule has 0 aliphatic heterocycles. The van der Waals surface area contributed by atoms with Crippen molar-refractivity contribution in [1.29, 1.82) is 0 Å². The van der Waals surface area contributed by atoms with Gasteiger partial charge in [0.1, 0.15) is 5.75 Å². The number of aromatic carboxylic acids is 1. The van der Waals surface area contributed by atoms with Crippen molar-refractivity contribution in [2.24, 2.45) is 0 Å². The SMILES string of the molecule is CCCNc1c(C(=O)O)ccc(O)c1-c1ccccc1. The van der Waals surface area contributed by atoms with Gasteiger partial charge in [0.2, 0.25) is 0 Å². The molecule has 2 aromatic carbocycles. The summed E-state index contributed by atoms with van der Waals surface area (Å²) in [6.07, 6.45) is 0.864. The van der Waals surface area contributed by atoms with E-state index in [-0.39, 0.29) is 11.3 Å². The van der Waals surface area contributed by atoms with Crippen LogP contribution < -0.4 is 5.32 Å². The fraction of sp³-hybridized carbons (Fsp3) is 0.188. The molecule has 0 saturated heterocycles. The third-order valence-electron chi connectivity index (χ3n) is 3.03. The van der Waals surface area contributed by atoms with Crippen molar-refractivity contribution in [2.45, 2.75) is 13.3 Å². The molecule has 0 saturated carbocycles. The zero-order chi connectivity index (χ0) is 14.5. The van der Waals surface area contributed by atoms with Crippen LogP contribution in [0.3, 0.4) is 0 Å². The van der Waals surface area contributed by atoms with Gasteiger partial charge in [-0.15, -0.1) is 0 Å². The summed E-state index contributed by atoms with van der Waals surface area (Å²) in [5.74, 6) is -0.944. The van der Waals surface area contributed by atoms with Gasteiger partial charge in [0, 0.05) is 12.1 Å². The summed E-state index contributed by atoms with van der Waals surface area (Å²) in [6, 6.07) is 12.1. The van der Waals surface area contributed by atoms with E-state index in [0.717, 1.165) is 12.0 Å². The molecular weight excluding hydrogens is 254 g/mol. The van der Waals surface area contributed by atoms with Crippen LogP contribution in [0.15, 0.2) is 42.5 Å². The van der Waals surface area contributed by atoms with Crippen molar-refractivity contribution in [2.75, 3.05) is 11.9 Å². The zero-order valence-corrected chi connectivity index (χ0v) is 11.3. The van der Waals surface area contributed by atoms with E-state index in [0.29, 0.717) is 17.8 Å². The minimum atomic E-state index is -1.01. The second-order valence-corrected chi connectivity index (χ2v) is 4.48. The molecule has 0 aliphatic rings. The predicted octanol–water partition coefficient (Wildman–Crippen LogP) is 3.58. The first-order valence-corrected chi connectivity index (χ1v) is 6.53. The Morgan fingerprint density at radius 3 is 2.45 bits per heavy atom. The first-order valence-electron chi connectivity index (χ1n) is 6.53. The number of phenolic OH excluding ortho intramolecular Hbond substituents is 1. The average Bonchev–Trinajstić information content (AvgIpc) is 2.45. The van der Waals surface area contributed by atoms with Crippen LogP contribution in [0.5, 0.6) is 5.75 Å². The Hall–Kier alpha value is -2.49. The Balaban J connectivity index is 2.64. The lowest BCUT2D eigenvalue weighted by Gasteiger charge is -2.16. The number of nitrogens with one attached hydrogen (secondary N) is 1. The number of hydrogen-bond donors (Lipinski definition) is 3. The summed E-state index contributed by atoms with van der Waals surface area (Å²) in [4.78, 5) is 11.4. The molecule has 104 valence electrons. The molecule has 2 aromatic rings. The summed E-state index contributed by atoms with van der Waals surface area (Å²) in [5, 5.41) is 22.5. The molecule has 0 amide bonds. The summed E-state index contributed by atoms with van der Waals surface area (Å²) in [7, 11) is 0. The normalized spacial score (nSPS) is 10.2. The van der Waals surface area contributed by atoms with Gasteiger partial charge in [-0.25, -0.2) is 4.79 Å². The topological polar surface area (TPSA) is 69.6 Å². The van der Waals surface area contributed by atoms with Crippen molar-refractivity contribution in [3.8, 4) is 16.9 Å². The highest BCUT2D eigenvalue weighted by atomic mass is 16.4. The molecule has 20 heavy (non-hydrogen) atoms. The summed E-state index contributed by atoms with van der Waals surface area (Å²) in [6.45, 7) is 2.64. The predicted molar refractivity (Wildman–Crippen MR) is 79.3 cm³/mol. The second kappa shape index (κ2) is 6.10. The van der Waals surface area contributed by atoms with Gasteiger partial charge in [0.05, 0.1) is 11.3 Å². The van der Waals surface area contributed by atoms with Gasteiger partial charge in [-0.3, -0.25) is 0 Å². The average molecular weight is 271 g/mol. The van der Waals surface area contributed by atoms with Crippen molar-refractivity contribution in [3.63, 3.8) is 0 Å². The van der Waals surface area contributed by atoms with Crippen molar-refractivity contribution in [3.05, 3.63) is 48.0 Å². The van der Waals surface area contributed by atoms with Crippen LogP contribution in [0.2, 0.25) is 0 Å². The molecule has 4 heteroatoms. The van der Waals surface area contributed by atoms with Crippen LogP contribution in [0.4, 0.5) is 5.69 Å². The van der Waals surface area contributed by atoms with Gasteiger partial charge in [-0.1, -0.05) is 37.3 Å². The van der Waals surface area contributed by atoms with Gasteiger partial charge in [-0.05, 0) is 24.1 Å². The molecule has 0 bridgehead atoms. The highest BCUT2D eigenvalue weighted by molar-refractivity contribution is 6.00. The van der Waals surface area contributed by atoms with E-state index < -0.39 is 5.97 Å². The lowest BCUT2D eigenvalue weighted by Crippen LogP contribution is -2.08. The Bertz CT molecular complexity index is 609. The van der Waals surface area contributed by atoms with E-state index in [1.807, 2.05) is 37.3 Å². The van der Waals surface area contributed by atoms with Gasteiger partial charge in [-0.2, -0.15) is 0 Å². The molecule has 0 unspecified atom stereocenters. The number of carbonyl (C=O) groups is 1. The molecule has 4 nitrogen and oxygen atoms in total. The minimum absolute atomic E-state index is 0.0693. The van der Waals surface area contributed by atoms with E-state index in [9.17, 15) is 15.0 Å². The maximum Gasteiger partial charge on any atom is 0.337 e. The zero-order valence-electron chi connectivity index (χ0n) is 11.3. The van der Waals surface area contributed by atoms with Crippen molar-refractivity contribution >= 4 is 11.7 Å². The number of carboxylic acids is 1. The molecule has 0 aromatic heterocycles. The van der Waals surface area contributed by atoms with E-state index >= 15 is 0 Å². The molecule has 0 spiro atoms. The second-order valence-electron chi connectivity index (χ2n) is 4.48. The van der Waals surface area contributed by atoms with Crippen LogP contribution in [0.25, 0.3) is 11.1 Å². The monoisotopic (exact) mass is 271 g/mol. The van der Waals surface area contributed by atoms with Gasteiger partial charge in [0.15, 0.2) is 0 Å². The Morgan fingerprint density at radius 1 is 1.15 bits per heavy atom. The highest BCUT2D eigenvalue weighted by Gasteiger charge is 2.18. The standard InChI is InChI=1S/C16H17NO3/c1-2-10-17-15-12(16(19)20)8-9-13(18)14(15)11-6-4-3-5-7-11/h3-9,17-18H,2,10H2,1H3,(H,19,20). The fourth-order valence-electron chi connectivity index (χ4n) is 2.10. The smallest absolute Gasteiger partial charge is 0.337 e. The maximum atomic E-state index is 11.4. The quantitative estimate of drug-likeness (QED) is 0.777. The Kier molecular flexibility index (Phi) is 4.25. The van der Waals surface area contributed by atoms with Gasteiger partial charge >= 0.3 is 5.97 Å². The Labute approximate surface area is 117 Å². The third-order valence-corrected chi connectivity index (χ3v) is 3.03. The molecule has 0 atom stereocenters. The first-order chi connectivity index (χ1) is 9.65. The van der Waals surface area contributed by atoms with Crippen LogP contribution in [-0.2, 0) is 0 Å². The number of benzene rings is 2. The van der Waals surface area contributed by atoms with Crippen LogP contribution in [-0.4, -0.2) is 22.7 Å². The maximum absolute atomic E-state index is 11.4. The summed E-state index contributed by atoms with van der Waals surface area (Å²) in [5.41, 5.74) is 1.94. The highest BCUT2D eigenvalue weighted by Crippen LogP contribution is 2.38. The van der Waals surface area contributed by atoms with E-state index in [2.05, 4.69) is 5.32 Å². The van der Waals surface area contributed by atoms with Gasteiger partial charge in [0.25, 0.3) is 0 Å². The minimum Gasteiger partial charge on any atom is -0.507 e. The largest absolute Gasteiger partial charge is 0.507 e. The summed E-state index contributed by atoms with van der Waals surface area (Å²) < 4.78 is 0. The number of hydrogen-bond acceptors (Lipinski definition) is 3. The lowest BCUT2D eigenvalue weighted by atomic mass is 9.98. The number of anilines is 1. The van der Waals surface area contributed by atoms with E-state index in [1.165, 1.54) is 12.1 Å². The van der Waals surface area contributed by atoms with Crippen LogP contribution in [0.1, 0.15) is 23.7 Å². The first kappa shape index (κ1) is 13.9. The van der Waals surface area contributed by atoms with Crippen molar-refractivity contribution < 1.29 is 15.0 Å². The molecule has 0 radical (unpaired) electrons. The lowest BCUT2D eigenvalue weighted by molar-refractivity contribution is 0.0698. The number of phenols is 1. The fourth-order valence-corrected chi connectivity index (χ4v) is 2.10.